The van der Waals surface area contributed by atoms with E-state index in [0.717, 1.165) is 16.4 Å². The number of tetrazole rings is 1. The molecule has 0 aliphatic carbocycles. The number of fused-ring (bicyclic) bond motifs is 3. The lowest BCUT2D eigenvalue weighted by Crippen LogP contribution is -2.21. The fourth-order valence-electron chi connectivity index (χ4n) is 1.94. The third kappa shape index (κ3) is 1.01. The highest BCUT2D eigenvalue weighted by atomic mass is 15.5. The minimum atomic E-state index is 0.680. The van der Waals surface area contributed by atoms with Crippen molar-refractivity contribution >= 4 is 16.7 Å². The third-order valence-electron chi connectivity index (χ3n) is 2.66. The first-order valence-electron chi connectivity index (χ1n) is 4.91. The van der Waals surface area contributed by atoms with Crippen molar-refractivity contribution in [3.63, 3.8) is 0 Å². The third-order valence-corrected chi connectivity index (χ3v) is 2.66. The molecule has 3 aromatic rings. The molecule has 0 bridgehead atoms. The number of aryl methyl sites for hydroxylation is 1. The van der Waals surface area contributed by atoms with Crippen LogP contribution in [0.1, 0.15) is 0 Å². The molecule has 0 N–H and O–H groups in total. The molecule has 2 aromatic heterocycles. The van der Waals surface area contributed by atoms with E-state index in [1.807, 2.05) is 35.9 Å². The van der Waals surface area contributed by atoms with Gasteiger partial charge in [-0.1, -0.05) is 17.2 Å². The van der Waals surface area contributed by atoms with Crippen LogP contribution in [0.4, 0.5) is 0 Å². The molecule has 16 heavy (non-hydrogen) atoms. The van der Waals surface area contributed by atoms with Crippen LogP contribution in [0.15, 0.2) is 29.3 Å². The molecule has 6 heteroatoms. The Kier molecular flexibility index (Phi) is 1.76. The van der Waals surface area contributed by atoms with E-state index in [1.54, 1.807) is 11.6 Å². The van der Waals surface area contributed by atoms with Gasteiger partial charge in [-0.05, 0) is 22.6 Å². The first-order valence-corrected chi connectivity index (χ1v) is 4.91. The predicted molar refractivity (Wildman–Crippen MR) is 58.7 cm³/mol. The lowest BCUT2D eigenvalue weighted by atomic mass is 10.2. The average molecular weight is 214 g/mol. The van der Waals surface area contributed by atoms with Gasteiger partial charge in [0.15, 0.2) is 0 Å². The summed E-state index contributed by atoms with van der Waals surface area (Å²) in [6, 6.07) is 7.93. The van der Waals surface area contributed by atoms with Crippen molar-refractivity contribution in [2.45, 2.75) is 0 Å². The Morgan fingerprint density at radius 3 is 2.88 bits per heavy atom. The standard InChI is InChI=1S/C10H10N6/c1-11-9-7-5-3-4-6-8(7)16-10(15(9)2)12-13-14-16/h3-6H,1-2H3. The summed E-state index contributed by atoms with van der Waals surface area (Å²) >= 11 is 0. The van der Waals surface area contributed by atoms with Crippen molar-refractivity contribution in [1.29, 1.82) is 0 Å². The SMILES string of the molecule is CN=c1c2ccccc2n2nnnc2n1C. The Morgan fingerprint density at radius 1 is 1.25 bits per heavy atom. The Morgan fingerprint density at radius 2 is 2.06 bits per heavy atom. The summed E-state index contributed by atoms with van der Waals surface area (Å²) in [6.07, 6.45) is 0. The second kappa shape index (κ2) is 3.13. The maximum atomic E-state index is 4.28. The van der Waals surface area contributed by atoms with Crippen LogP contribution in [0.5, 0.6) is 0 Å². The number of rotatable bonds is 0. The van der Waals surface area contributed by atoms with Gasteiger partial charge >= 0.3 is 0 Å². The number of aromatic nitrogens is 5. The highest BCUT2D eigenvalue weighted by Crippen LogP contribution is 2.09. The minimum Gasteiger partial charge on any atom is -0.296 e. The summed E-state index contributed by atoms with van der Waals surface area (Å²) in [6.45, 7) is 0. The maximum absolute atomic E-state index is 4.28. The van der Waals surface area contributed by atoms with Crippen molar-refractivity contribution in [1.82, 2.24) is 24.6 Å². The Balaban J connectivity index is 2.76. The number of nitrogens with zero attached hydrogens (tertiary/aromatic N) is 6. The zero-order valence-corrected chi connectivity index (χ0v) is 8.99. The van der Waals surface area contributed by atoms with Gasteiger partial charge in [0.1, 0.15) is 5.49 Å². The summed E-state index contributed by atoms with van der Waals surface area (Å²) < 4.78 is 3.59. The van der Waals surface area contributed by atoms with Crippen LogP contribution in [-0.2, 0) is 7.05 Å². The van der Waals surface area contributed by atoms with Gasteiger partial charge in [-0.3, -0.25) is 9.56 Å². The van der Waals surface area contributed by atoms with Crippen LogP contribution >= 0.6 is 0 Å². The van der Waals surface area contributed by atoms with E-state index >= 15 is 0 Å². The van der Waals surface area contributed by atoms with E-state index in [-0.39, 0.29) is 0 Å². The summed E-state index contributed by atoms with van der Waals surface area (Å²) in [7, 11) is 3.67. The van der Waals surface area contributed by atoms with Crippen molar-refractivity contribution in [3.05, 3.63) is 29.8 Å². The van der Waals surface area contributed by atoms with Gasteiger partial charge in [0.05, 0.1) is 5.52 Å². The molecule has 0 unspecified atom stereocenters. The lowest BCUT2D eigenvalue weighted by Gasteiger charge is -2.05. The molecular weight excluding hydrogens is 204 g/mol. The molecule has 3 rings (SSSR count). The topological polar surface area (TPSA) is 60.4 Å². The maximum Gasteiger partial charge on any atom is 0.255 e. The molecule has 6 nitrogen and oxygen atoms in total. The second-order valence-electron chi connectivity index (χ2n) is 3.51. The molecule has 2 heterocycles. The van der Waals surface area contributed by atoms with Crippen molar-refractivity contribution in [2.24, 2.45) is 12.0 Å². The quantitative estimate of drug-likeness (QED) is 0.535. The van der Waals surface area contributed by atoms with Crippen LogP contribution in [0.25, 0.3) is 16.7 Å². The molecule has 0 saturated heterocycles. The lowest BCUT2D eigenvalue weighted by molar-refractivity contribution is 0.808. The van der Waals surface area contributed by atoms with Crippen LogP contribution in [0.2, 0.25) is 0 Å². The van der Waals surface area contributed by atoms with E-state index in [9.17, 15) is 0 Å². The van der Waals surface area contributed by atoms with Gasteiger partial charge in [-0.2, -0.15) is 4.52 Å². The molecular formula is C10H10N6. The Hall–Kier alpha value is -2.24. The van der Waals surface area contributed by atoms with Gasteiger partial charge in [0.2, 0.25) is 0 Å². The fourth-order valence-corrected chi connectivity index (χ4v) is 1.94. The van der Waals surface area contributed by atoms with Crippen molar-refractivity contribution in [3.8, 4) is 0 Å². The van der Waals surface area contributed by atoms with E-state index in [2.05, 4.69) is 20.5 Å². The number of hydrogen-bond acceptors (Lipinski definition) is 4. The monoisotopic (exact) mass is 214 g/mol. The van der Waals surface area contributed by atoms with E-state index < -0.39 is 0 Å². The number of hydrogen-bond donors (Lipinski definition) is 0. The zero-order valence-electron chi connectivity index (χ0n) is 8.99. The Labute approximate surface area is 90.9 Å². The largest absolute Gasteiger partial charge is 0.296 e. The van der Waals surface area contributed by atoms with E-state index in [0.29, 0.717) is 5.78 Å². The molecule has 0 saturated carbocycles. The molecule has 0 radical (unpaired) electrons. The molecule has 0 amide bonds. The first-order chi connectivity index (χ1) is 7.83. The molecule has 1 aromatic carbocycles. The van der Waals surface area contributed by atoms with Gasteiger partial charge in [0.25, 0.3) is 5.78 Å². The average Bonchev–Trinajstić information content (AvgIpc) is 2.79. The predicted octanol–water partition coefficient (Wildman–Crippen LogP) is 0.146. The van der Waals surface area contributed by atoms with Crippen molar-refractivity contribution < 1.29 is 0 Å². The molecule has 0 fully saturated rings. The minimum absolute atomic E-state index is 0.680. The first kappa shape index (κ1) is 9.02. The van der Waals surface area contributed by atoms with Crippen LogP contribution in [0.3, 0.4) is 0 Å². The summed E-state index contributed by atoms with van der Waals surface area (Å²) in [4.78, 5) is 4.28. The Bertz CT molecular complexity index is 736. The molecule has 80 valence electrons. The van der Waals surface area contributed by atoms with Gasteiger partial charge in [0, 0.05) is 19.5 Å². The fraction of sp³-hybridized carbons (Fsp3) is 0.200. The van der Waals surface area contributed by atoms with Crippen molar-refractivity contribution in [2.75, 3.05) is 7.05 Å². The molecule has 0 spiro atoms. The van der Waals surface area contributed by atoms with Crippen LogP contribution in [-0.4, -0.2) is 31.7 Å². The van der Waals surface area contributed by atoms with Crippen LogP contribution in [0, 0.1) is 0 Å². The summed E-state index contributed by atoms with van der Waals surface area (Å²) in [5.41, 5.74) is 1.83. The zero-order chi connectivity index (χ0) is 11.1. The number of benzene rings is 1. The second-order valence-corrected chi connectivity index (χ2v) is 3.51. The highest BCUT2D eigenvalue weighted by Gasteiger charge is 2.08. The summed E-state index contributed by atoms with van der Waals surface area (Å²) in [5, 5.41) is 12.7. The van der Waals surface area contributed by atoms with Gasteiger partial charge in [-0.15, -0.1) is 0 Å². The smallest absolute Gasteiger partial charge is 0.255 e. The van der Waals surface area contributed by atoms with Gasteiger partial charge < -0.3 is 0 Å². The highest BCUT2D eigenvalue weighted by molar-refractivity contribution is 5.79. The number of para-hydroxylation sites is 1. The molecule has 0 atom stereocenters. The normalized spacial score (nSPS) is 12.8. The molecule has 0 aliphatic heterocycles. The summed E-state index contributed by atoms with van der Waals surface area (Å²) in [5.74, 6) is 0.680. The van der Waals surface area contributed by atoms with Crippen LogP contribution < -0.4 is 5.49 Å². The van der Waals surface area contributed by atoms with E-state index in [4.69, 9.17) is 0 Å². The molecule has 0 aliphatic rings. The van der Waals surface area contributed by atoms with Gasteiger partial charge in [-0.25, -0.2) is 0 Å². The van der Waals surface area contributed by atoms with E-state index in [1.165, 1.54) is 0 Å².